The minimum Gasteiger partial charge on any atom is -0.376 e. The molecule has 1 aliphatic heterocycles. The molecule has 0 aliphatic carbocycles. The second-order valence-corrected chi connectivity index (χ2v) is 6.09. The number of ketones is 1. The van der Waals surface area contributed by atoms with E-state index in [1.54, 1.807) is 0 Å². The van der Waals surface area contributed by atoms with E-state index in [0.29, 0.717) is 19.4 Å². The standard InChI is InChI=1S/C15H16F3N3O6/c1-9(22)7-19(8-11-3-2-4-27-11)14-12(20(23)24)5-10(15(16,17)18)6-13(14)21(25)26/h5-6,11H,2-4,7-8H2,1H3. The molecule has 1 aromatic rings. The monoisotopic (exact) mass is 391 g/mol. The van der Waals surface area contributed by atoms with Gasteiger partial charge in [-0.15, -0.1) is 0 Å². The van der Waals surface area contributed by atoms with Crippen molar-refractivity contribution in [1.29, 1.82) is 0 Å². The zero-order valence-corrected chi connectivity index (χ0v) is 14.2. The number of nitrogens with zero attached hydrogens (tertiary/aromatic N) is 3. The zero-order chi connectivity index (χ0) is 20.4. The Hall–Kier alpha value is -2.76. The molecule has 1 aliphatic rings. The molecular weight excluding hydrogens is 375 g/mol. The molecule has 1 unspecified atom stereocenters. The largest absolute Gasteiger partial charge is 0.416 e. The number of benzene rings is 1. The summed E-state index contributed by atoms with van der Waals surface area (Å²) < 4.78 is 44.4. The molecule has 148 valence electrons. The maximum absolute atomic E-state index is 13.0. The molecule has 0 N–H and O–H groups in total. The number of hydrogen-bond acceptors (Lipinski definition) is 7. The number of carbonyl (C=O) groups is 1. The first-order valence-electron chi connectivity index (χ1n) is 7.90. The van der Waals surface area contributed by atoms with Crippen molar-refractivity contribution in [3.05, 3.63) is 37.9 Å². The van der Waals surface area contributed by atoms with Gasteiger partial charge < -0.3 is 9.64 Å². The van der Waals surface area contributed by atoms with Crippen LogP contribution in [0.25, 0.3) is 0 Å². The van der Waals surface area contributed by atoms with E-state index in [4.69, 9.17) is 4.74 Å². The summed E-state index contributed by atoms with van der Waals surface area (Å²) in [7, 11) is 0. The van der Waals surface area contributed by atoms with Crippen LogP contribution in [0.2, 0.25) is 0 Å². The Morgan fingerprint density at radius 3 is 2.19 bits per heavy atom. The van der Waals surface area contributed by atoms with Crippen LogP contribution in [-0.4, -0.2) is 41.4 Å². The van der Waals surface area contributed by atoms with E-state index >= 15 is 0 Å². The number of alkyl halides is 3. The minimum absolute atomic E-state index is 0.0907. The van der Waals surface area contributed by atoms with Crippen molar-refractivity contribution < 1.29 is 32.5 Å². The first kappa shape index (κ1) is 20.6. The van der Waals surface area contributed by atoms with Gasteiger partial charge in [0, 0.05) is 25.3 Å². The third-order valence-corrected chi connectivity index (χ3v) is 3.97. The topological polar surface area (TPSA) is 116 Å². The number of nitro groups is 2. The van der Waals surface area contributed by atoms with Gasteiger partial charge in [-0.3, -0.25) is 25.0 Å². The normalized spacial score (nSPS) is 17.0. The number of hydrogen-bond donors (Lipinski definition) is 0. The Morgan fingerprint density at radius 1 is 1.26 bits per heavy atom. The second-order valence-electron chi connectivity index (χ2n) is 6.09. The lowest BCUT2D eigenvalue weighted by Crippen LogP contribution is -2.36. The quantitative estimate of drug-likeness (QED) is 0.518. The van der Waals surface area contributed by atoms with Gasteiger partial charge in [-0.2, -0.15) is 13.2 Å². The summed E-state index contributed by atoms with van der Waals surface area (Å²) in [5, 5.41) is 22.8. The van der Waals surface area contributed by atoms with E-state index < -0.39 is 57.1 Å². The number of carbonyl (C=O) groups excluding carboxylic acids is 1. The summed E-state index contributed by atoms with van der Waals surface area (Å²) in [5.41, 5.74) is -4.32. The Morgan fingerprint density at radius 2 is 1.81 bits per heavy atom. The molecule has 1 aromatic carbocycles. The molecule has 12 heteroatoms. The summed E-state index contributed by atoms with van der Waals surface area (Å²) in [6, 6.07) is 0.482. The number of halogens is 3. The third kappa shape index (κ3) is 4.90. The number of nitro benzene ring substituents is 2. The molecule has 0 aromatic heterocycles. The lowest BCUT2D eigenvalue weighted by molar-refractivity contribution is -0.393. The average Bonchev–Trinajstić information content (AvgIpc) is 3.04. The first-order chi connectivity index (χ1) is 12.5. The maximum atomic E-state index is 13.0. The fourth-order valence-electron chi connectivity index (χ4n) is 2.91. The van der Waals surface area contributed by atoms with Gasteiger partial charge in [0.25, 0.3) is 11.4 Å². The summed E-state index contributed by atoms with van der Waals surface area (Å²) in [5.74, 6) is -0.462. The van der Waals surface area contributed by atoms with Crippen LogP contribution in [0.4, 0.5) is 30.2 Å². The SMILES string of the molecule is CC(=O)CN(CC1CCCO1)c1c([N+](=O)[O-])cc(C(F)(F)F)cc1[N+](=O)[O-]. The predicted molar refractivity (Wildman–Crippen MR) is 86.6 cm³/mol. The Bertz CT molecular complexity index is 727. The van der Waals surface area contributed by atoms with Gasteiger partial charge in [-0.25, -0.2) is 0 Å². The number of Topliss-reactive ketones (excluding diaryl/α,β-unsaturated/α-hetero) is 1. The zero-order valence-electron chi connectivity index (χ0n) is 14.2. The summed E-state index contributed by atoms with van der Waals surface area (Å²) in [6.45, 7) is 1.07. The molecule has 9 nitrogen and oxygen atoms in total. The Labute approximate surface area is 151 Å². The highest BCUT2D eigenvalue weighted by atomic mass is 19.4. The van der Waals surface area contributed by atoms with Crippen LogP contribution in [0.5, 0.6) is 0 Å². The lowest BCUT2D eigenvalue weighted by Gasteiger charge is -2.26. The van der Waals surface area contributed by atoms with Crippen LogP contribution < -0.4 is 4.90 Å². The molecule has 0 spiro atoms. The molecular formula is C15H16F3N3O6. The van der Waals surface area contributed by atoms with E-state index in [2.05, 4.69) is 0 Å². The number of rotatable bonds is 7. The molecule has 27 heavy (non-hydrogen) atoms. The molecule has 1 atom stereocenters. The Kier molecular flexibility index (Phi) is 5.98. The van der Waals surface area contributed by atoms with E-state index in [1.807, 2.05) is 0 Å². The summed E-state index contributed by atoms with van der Waals surface area (Å²) >= 11 is 0. The smallest absolute Gasteiger partial charge is 0.376 e. The van der Waals surface area contributed by atoms with Gasteiger partial charge in [-0.05, 0) is 19.8 Å². The second kappa shape index (κ2) is 7.86. The molecule has 0 amide bonds. The molecule has 1 fully saturated rings. The fourth-order valence-corrected chi connectivity index (χ4v) is 2.91. The van der Waals surface area contributed by atoms with Crippen LogP contribution in [0, 0.1) is 20.2 Å². The molecule has 0 bridgehead atoms. The average molecular weight is 391 g/mol. The van der Waals surface area contributed by atoms with Crippen molar-refractivity contribution in [2.75, 3.05) is 24.6 Å². The molecule has 1 heterocycles. The molecule has 0 radical (unpaired) electrons. The van der Waals surface area contributed by atoms with Gasteiger partial charge in [0.05, 0.1) is 28.1 Å². The number of anilines is 1. The highest BCUT2D eigenvalue weighted by molar-refractivity contribution is 5.85. The van der Waals surface area contributed by atoms with Gasteiger partial charge in [-0.1, -0.05) is 0 Å². The van der Waals surface area contributed by atoms with E-state index in [0.717, 1.165) is 4.90 Å². The molecule has 0 saturated carbocycles. The first-order valence-corrected chi connectivity index (χ1v) is 7.90. The Balaban J connectivity index is 2.65. The van der Waals surface area contributed by atoms with Crippen molar-refractivity contribution in [1.82, 2.24) is 0 Å². The predicted octanol–water partition coefficient (Wildman–Crippen LogP) is 3.10. The van der Waals surface area contributed by atoms with Crippen molar-refractivity contribution in [2.45, 2.75) is 32.0 Å². The van der Waals surface area contributed by atoms with Crippen LogP contribution in [0.1, 0.15) is 25.3 Å². The molecule has 1 saturated heterocycles. The highest BCUT2D eigenvalue weighted by Crippen LogP contribution is 2.43. The summed E-state index contributed by atoms with van der Waals surface area (Å²) in [6.07, 6.45) is -4.17. The van der Waals surface area contributed by atoms with E-state index in [-0.39, 0.29) is 18.7 Å². The molecule has 2 rings (SSSR count). The summed E-state index contributed by atoms with van der Waals surface area (Å²) in [4.78, 5) is 33.1. The fraction of sp³-hybridized carbons (Fsp3) is 0.533. The van der Waals surface area contributed by atoms with Crippen molar-refractivity contribution >= 4 is 22.8 Å². The van der Waals surface area contributed by atoms with Crippen molar-refractivity contribution in [3.63, 3.8) is 0 Å². The van der Waals surface area contributed by atoms with E-state index in [1.165, 1.54) is 6.92 Å². The third-order valence-electron chi connectivity index (χ3n) is 3.97. The maximum Gasteiger partial charge on any atom is 0.416 e. The lowest BCUT2D eigenvalue weighted by atomic mass is 10.1. The van der Waals surface area contributed by atoms with E-state index in [9.17, 15) is 38.2 Å². The van der Waals surface area contributed by atoms with Crippen LogP contribution in [0.3, 0.4) is 0 Å². The van der Waals surface area contributed by atoms with Gasteiger partial charge >= 0.3 is 6.18 Å². The van der Waals surface area contributed by atoms with Gasteiger partial charge in [0.1, 0.15) is 5.78 Å². The van der Waals surface area contributed by atoms with Crippen LogP contribution >= 0.6 is 0 Å². The van der Waals surface area contributed by atoms with Gasteiger partial charge in [0.15, 0.2) is 5.69 Å². The minimum atomic E-state index is -5.01. The highest BCUT2D eigenvalue weighted by Gasteiger charge is 2.40. The van der Waals surface area contributed by atoms with Crippen molar-refractivity contribution in [3.8, 4) is 0 Å². The van der Waals surface area contributed by atoms with Crippen LogP contribution in [-0.2, 0) is 15.7 Å². The number of ether oxygens (including phenoxy) is 1. The van der Waals surface area contributed by atoms with Crippen LogP contribution in [0.15, 0.2) is 12.1 Å². The van der Waals surface area contributed by atoms with Crippen molar-refractivity contribution in [2.24, 2.45) is 0 Å². The van der Waals surface area contributed by atoms with Gasteiger partial charge in [0.2, 0.25) is 0 Å².